The summed E-state index contributed by atoms with van der Waals surface area (Å²) in [5, 5.41) is 2.98. The fraction of sp³-hybridized carbons (Fsp3) is 0.194. The first kappa shape index (κ1) is 25.0. The number of hydrogen-bond donors (Lipinski definition) is 1. The molecule has 1 N–H and O–H groups in total. The summed E-state index contributed by atoms with van der Waals surface area (Å²) in [6.45, 7) is 2.90. The maximum absolute atomic E-state index is 12.7. The third-order valence-electron chi connectivity index (χ3n) is 6.05. The molecule has 4 rings (SSSR count). The number of carbonyl (C=O) groups is 2. The number of rotatable bonds is 12. The number of carbonyl (C=O) groups excluding carboxylic acids is 2. The van der Waals surface area contributed by atoms with Crippen LogP contribution in [0.4, 0.5) is 0 Å². The van der Waals surface area contributed by atoms with Crippen molar-refractivity contribution in [2.75, 3.05) is 19.6 Å². The van der Waals surface area contributed by atoms with E-state index in [4.69, 9.17) is 0 Å². The Kier molecular flexibility index (Phi) is 9.12. The third-order valence-corrected chi connectivity index (χ3v) is 6.05. The lowest BCUT2D eigenvalue weighted by atomic mass is 10.0. The zero-order valence-electron chi connectivity index (χ0n) is 20.3. The van der Waals surface area contributed by atoms with Crippen molar-refractivity contribution in [2.45, 2.75) is 19.4 Å². The molecule has 182 valence electrons. The second kappa shape index (κ2) is 13.1. The average molecular weight is 478 g/mol. The number of nitrogens with one attached hydrogen (secondary N) is 1. The summed E-state index contributed by atoms with van der Waals surface area (Å²) in [6.07, 6.45) is 3.64. The highest BCUT2D eigenvalue weighted by atomic mass is 16.2. The molecule has 1 heterocycles. The van der Waals surface area contributed by atoms with Gasteiger partial charge in [0.25, 0.3) is 5.91 Å². The van der Waals surface area contributed by atoms with Gasteiger partial charge in [-0.15, -0.1) is 0 Å². The Labute approximate surface area is 212 Å². The van der Waals surface area contributed by atoms with Crippen molar-refractivity contribution in [3.05, 3.63) is 137 Å². The predicted molar refractivity (Wildman–Crippen MR) is 143 cm³/mol. The molecule has 0 unspecified atom stereocenters. The van der Waals surface area contributed by atoms with Gasteiger partial charge in [0.2, 0.25) is 0 Å². The van der Waals surface area contributed by atoms with Gasteiger partial charge in [0.15, 0.2) is 5.78 Å². The van der Waals surface area contributed by atoms with Gasteiger partial charge in [0, 0.05) is 37.0 Å². The minimum atomic E-state index is -0.163. The van der Waals surface area contributed by atoms with E-state index < -0.39 is 0 Å². The molecule has 1 aromatic heterocycles. The van der Waals surface area contributed by atoms with Crippen LogP contribution in [0.5, 0.6) is 0 Å². The van der Waals surface area contributed by atoms with Gasteiger partial charge in [-0.3, -0.25) is 19.5 Å². The minimum absolute atomic E-state index is 0.0269. The average Bonchev–Trinajstić information content (AvgIpc) is 2.94. The van der Waals surface area contributed by atoms with E-state index in [-0.39, 0.29) is 11.7 Å². The molecule has 4 aromatic rings. The van der Waals surface area contributed by atoms with Gasteiger partial charge in [0.05, 0.1) is 0 Å². The second-order valence-corrected chi connectivity index (χ2v) is 8.73. The summed E-state index contributed by atoms with van der Waals surface area (Å²) in [4.78, 5) is 31.6. The molecular weight excluding hydrogens is 446 g/mol. The van der Waals surface area contributed by atoms with Crippen molar-refractivity contribution in [2.24, 2.45) is 0 Å². The first-order valence-corrected chi connectivity index (χ1v) is 12.3. The highest BCUT2D eigenvalue weighted by Gasteiger charge is 2.11. The summed E-state index contributed by atoms with van der Waals surface area (Å²) >= 11 is 0. The summed E-state index contributed by atoms with van der Waals surface area (Å²) < 4.78 is 0. The summed E-state index contributed by atoms with van der Waals surface area (Å²) in [6, 6.07) is 33.0. The number of nitrogens with zero attached hydrogens (tertiary/aromatic N) is 2. The van der Waals surface area contributed by atoms with E-state index in [9.17, 15) is 9.59 Å². The molecule has 0 aliphatic carbocycles. The molecule has 0 saturated heterocycles. The maximum Gasteiger partial charge on any atom is 0.269 e. The van der Waals surface area contributed by atoms with Crippen LogP contribution in [0, 0.1) is 0 Å². The number of benzene rings is 3. The smallest absolute Gasteiger partial charge is 0.269 e. The van der Waals surface area contributed by atoms with Gasteiger partial charge in [-0.25, -0.2) is 0 Å². The number of pyridine rings is 1. The molecule has 0 fully saturated rings. The fourth-order valence-corrected chi connectivity index (χ4v) is 4.11. The van der Waals surface area contributed by atoms with Crippen molar-refractivity contribution >= 4 is 11.7 Å². The van der Waals surface area contributed by atoms with Crippen LogP contribution in [-0.4, -0.2) is 41.2 Å². The number of aromatic nitrogens is 1. The van der Waals surface area contributed by atoms with Gasteiger partial charge in [-0.05, 0) is 42.6 Å². The Morgan fingerprint density at radius 2 is 1.36 bits per heavy atom. The van der Waals surface area contributed by atoms with Crippen molar-refractivity contribution in [1.29, 1.82) is 0 Å². The quantitative estimate of drug-likeness (QED) is 0.286. The lowest BCUT2D eigenvalue weighted by molar-refractivity contribution is 0.0942. The molecule has 0 aliphatic heterocycles. The molecular formula is C31H31N3O2. The van der Waals surface area contributed by atoms with Gasteiger partial charge in [-0.1, -0.05) is 91.0 Å². The zero-order valence-corrected chi connectivity index (χ0v) is 20.3. The van der Waals surface area contributed by atoms with Gasteiger partial charge < -0.3 is 5.32 Å². The molecule has 0 bridgehead atoms. The number of ketones is 1. The second-order valence-electron chi connectivity index (χ2n) is 8.73. The van der Waals surface area contributed by atoms with Gasteiger partial charge in [-0.2, -0.15) is 0 Å². The number of aryl methyl sites for hydroxylation is 1. The van der Waals surface area contributed by atoms with E-state index in [2.05, 4.69) is 39.5 Å². The first-order chi connectivity index (χ1) is 17.7. The summed E-state index contributed by atoms with van der Waals surface area (Å²) in [5.41, 5.74) is 4.26. The number of amides is 1. The van der Waals surface area contributed by atoms with Crippen LogP contribution < -0.4 is 5.32 Å². The van der Waals surface area contributed by atoms with Crippen LogP contribution >= 0.6 is 0 Å². The van der Waals surface area contributed by atoms with Crippen molar-refractivity contribution in [1.82, 2.24) is 15.2 Å². The summed E-state index contributed by atoms with van der Waals surface area (Å²) in [5.74, 6) is -0.136. The highest BCUT2D eigenvalue weighted by Crippen LogP contribution is 2.13. The molecule has 5 heteroatoms. The Morgan fingerprint density at radius 3 is 2.06 bits per heavy atom. The molecule has 0 saturated carbocycles. The molecule has 0 aliphatic rings. The van der Waals surface area contributed by atoms with Crippen LogP contribution in [0.25, 0.3) is 0 Å². The van der Waals surface area contributed by atoms with Gasteiger partial charge in [0.1, 0.15) is 5.69 Å². The highest BCUT2D eigenvalue weighted by molar-refractivity contribution is 6.08. The molecule has 1 amide bonds. The third kappa shape index (κ3) is 7.45. The lowest BCUT2D eigenvalue weighted by Gasteiger charge is -2.23. The lowest BCUT2D eigenvalue weighted by Crippen LogP contribution is -2.35. The molecule has 5 nitrogen and oxygen atoms in total. The van der Waals surface area contributed by atoms with E-state index in [0.717, 1.165) is 38.0 Å². The van der Waals surface area contributed by atoms with Crippen molar-refractivity contribution < 1.29 is 9.59 Å². The molecule has 0 radical (unpaired) electrons. The summed E-state index contributed by atoms with van der Waals surface area (Å²) in [7, 11) is 0. The predicted octanol–water partition coefficient (Wildman–Crippen LogP) is 5.18. The normalized spacial score (nSPS) is 10.8. The first-order valence-electron chi connectivity index (χ1n) is 12.3. The van der Waals surface area contributed by atoms with Crippen LogP contribution in [0.2, 0.25) is 0 Å². The maximum atomic E-state index is 12.7. The SMILES string of the molecule is O=C(c1ccccc1)c1ccc(CN(CCCc2ccccc2)CCNC(=O)c2ccccn2)cc1. The van der Waals surface area contributed by atoms with Crippen LogP contribution in [-0.2, 0) is 13.0 Å². The Balaban J connectivity index is 1.36. The molecule has 36 heavy (non-hydrogen) atoms. The zero-order chi connectivity index (χ0) is 25.0. The van der Waals surface area contributed by atoms with Crippen molar-refractivity contribution in [3.8, 4) is 0 Å². The minimum Gasteiger partial charge on any atom is -0.349 e. The van der Waals surface area contributed by atoms with Crippen LogP contribution in [0.15, 0.2) is 109 Å². The van der Waals surface area contributed by atoms with E-state index in [1.54, 1.807) is 18.3 Å². The standard InChI is InChI=1S/C31H31N3O2/c35-30(27-13-5-2-6-14-27)28-18-16-26(17-19-28)24-34(22-9-12-25-10-3-1-4-11-25)23-21-33-31(36)29-15-7-8-20-32-29/h1-8,10-11,13-20H,9,12,21-24H2,(H,33,36). The Morgan fingerprint density at radius 1 is 0.694 bits per heavy atom. The van der Waals surface area contributed by atoms with E-state index >= 15 is 0 Å². The molecule has 3 aromatic carbocycles. The number of hydrogen-bond acceptors (Lipinski definition) is 4. The van der Waals surface area contributed by atoms with E-state index in [1.807, 2.05) is 66.7 Å². The molecule has 0 spiro atoms. The Hall–Kier alpha value is -4.09. The van der Waals surface area contributed by atoms with Crippen LogP contribution in [0.1, 0.15) is 44.0 Å². The van der Waals surface area contributed by atoms with E-state index in [0.29, 0.717) is 23.4 Å². The topological polar surface area (TPSA) is 62.3 Å². The largest absolute Gasteiger partial charge is 0.349 e. The molecule has 0 atom stereocenters. The monoisotopic (exact) mass is 477 g/mol. The van der Waals surface area contributed by atoms with Crippen molar-refractivity contribution in [3.63, 3.8) is 0 Å². The van der Waals surface area contributed by atoms with Crippen LogP contribution in [0.3, 0.4) is 0 Å². The Bertz CT molecular complexity index is 1230. The fourth-order valence-electron chi connectivity index (χ4n) is 4.11. The van der Waals surface area contributed by atoms with Gasteiger partial charge >= 0.3 is 0 Å². The van der Waals surface area contributed by atoms with E-state index in [1.165, 1.54) is 5.56 Å².